The Labute approximate surface area is 173 Å². The Morgan fingerprint density at radius 3 is 1.54 bits per heavy atom. The molecule has 0 fully saturated rings. The van der Waals surface area contributed by atoms with Gasteiger partial charge in [-0.1, -0.05) is 96.1 Å². The molecule has 0 radical (unpaired) electrons. The number of rotatable bonds is 20. The lowest BCUT2D eigenvalue weighted by Gasteiger charge is -2.03. The molecule has 2 N–H and O–H groups in total. The molecule has 0 aliphatic rings. The van der Waals surface area contributed by atoms with Gasteiger partial charge in [-0.2, -0.15) is 13.6 Å². The number of allylic oxidation sites excluding steroid dienone is 2. The number of carbonyl (C=O) groups excluding carboxylic acids is 1. The Morgan fingerprint density at radius 1 is 0.714 bits per heavy atom. The van der Waals surface area contributed by atoms with Crippen LogP contribution in [0.4, 0.5) is 0 Å². The number of nitrogens with two attached hydrogens (primary N) is 1. The molecule has 0 saturated heterocycles. The van der Waals surface area contributed by atoms with Gasteiger partial charge in [0.25, 0.3) is 0 Å². The van der Waals surface area contributed by atoms with Crippen molar-refractivity contribution in [3.8, 4) is 0 Å². The van der Waals surface area contributed by atoms with Crippen LogP contribution in [0.1, 0.15) is 122 Å². The van der Waals surface area contributed by atoms with E-state index in [1.165, 1.54) is 89.9 Å². The first-order chi connectivity index (χ1) is 13.5. The number of hydrogen-bond acceptors (Lipinski definition) is 4. The Morgan fingerprint density at radius 2 is 1.11 bits per heavy atom. The summed E-state index contributed by atoms with van der Waals surface area (Å²) >= 11 is 0. The zero-order valence-corrected chi connectivity index (χ0v) is 18.8. The third kappa shape index (κ3) is 23.2. The highest BCUT2D eigenvalue weighted by molar-refractivity contribution is 7.84. The van der Waals surface area contributed by atoms with Crippen molar-refractivity contribution in [2.75, 3.05) is 0 Å². The van der Waals surface area contributed by atoms with Gasteiger partial charge in [0.2, 0.25) is 0 Å². The summed E-state index contributed by atoms with van der Waals surface area (Å²) in [5.74, 6) is -0.761. The van der Waals surface area contributed by atoms with Crippen LogP contribution in [-0.2, 0) is 19.3 Å². The SMILES string of the molecule is CCCCCCCCC=CCCCCCCCCCCCC(=O)OS(N)(=O)=O. The Bertz CT molecular complexity index is 489. The molecule has 0 bridgehead atoms. The second-order valence-corrected chi connectivity index (χ2v) is 8.85. The fourth-order valence-electron chi connectivity index (χ4n) is 3.22. The summed E-state index contributed by atoms with van der Waals surface area (Å²) < 4.78 is 25.2. The van der Waals surface area contributed by atoms with Crippen molar-refractivity contribution in [2.24, 2.45) is 5.14 Å². The molecular formula is C22H43NO4S. The van der Waals surface area contributed by atoms with Gasteiger partial charge in [-0.05, 0) is 32.1 Å². The van der Waals surface area contributed by atoms with Gasteiger partial charge in [0.1, 0.15) is 0 Å². The van der Waals surface area contributed by atoms with Gasteiger partial charge in [0.15, 0.2) is 0 Å². The van der Waals surface area contributed by atoms with Crippen LogP contribution in [0.25, 0.3) is 0 Å². The molecule has 0 spiro atoms. The highest BCUT2D eigenvalue weighted by Crippen LogP contribution is 2.12. The van der Waals surface area contributed by atoms with Crippen molar-refractivity contribution in [2.45, 2.75) is 122 Å². The largest absolute Gasteiger partial charge is 0.382 e. The van der Waals surface area contributed by atoms with Gasteiger partial charge in [0, 0.05) is 6.42 Å². The van der Waals surface area contributed by atoms with E-state index >= 15 is 0 Å². The van der Waals surface area contributed by atoms with Gasteiger partial charge in [-0.15, -0.1) is 0 Å². The molecule has 0 aromatic heterocycles. The predicted molar refractivity (Wildman–Crippen MR) is 117 cm³/mol. The normalized spacial score (nSPS) is 11.9. The maximum atomic E-state index is 11.2. The van der Waals surface area contributed by atoms with E-state index in [2.05, 4.69) is 28.4 Å². The lowest BCUT2D eigenvalue weighted by atomic mass is 10.1. The van der Waals surface area contributed by atoms with E-state index in [0.717, 1.165) is 12.8 Å². The van der Waals surface area contributed by atoms with E-state index in [0.29, 0.717) is 6.42 Å². The van der Waals surface area contributed by atoms with Crippen LogP contribution in [-0.4, -0.2) is 14.4 Å². The average molecular weight is 418 g/mol. The molecule has 0 saturated carbocycles. The molecule has 28 heavy (non-hydrogen) atoms. The molecule has 5 nitrogen and oxygen atoms in total. The molecule has 0 aromatic rings. The number of carbonyl (C=O) groups is 1. The van der Waals surface area contributed by atoms with E-state index in [9.17, 15) is 13.2 Å². The second kappa shape index (κ2) is 19.4. The fourth-order valence-corrected chi connectivity index (χ4v) is 3.56. The van der Waals surface area contributed by atoms with E-state index in [1.54, 1.807) is 0 Å². The smallest absolute Gasteiger partial charge is 0.334 e. The van der Waals surface area contributed by atoms with Crippen LogP contribution in [0.5, 0.6) is 0 Å². The molecule has 0 atom stereocenters. The summed E-state index contributed by atoms with van der Waals surface area (Å²) in [6.45, 7) is 2.26. The Hall–Kier alpha value is -0.880. The zero-order chi connectivity index (χ0) is 20.9. The lowest BCUT2D eigenvalue weighted by Crippen LogP contribution is -2.20. The third-order valence-corrected chi connectivity index (χ3v) is 5.27. The predicted octanol–water partition coefficient (Wildman–Crippen LogP) is 6.33. The molecule has 0 amide bonds. The van der Waals surface area contributed by atoms with Crippen molar-refractivity contribution in [1.29, 1.82) is 0 Å². The molecule has 0 heterocycles. The quantitative estimate of drug-likeness (QED) is 0.185. The third-order valence-electron chi connectivity index (χ3n) is 4.85. The minimum atomic E-state index is -4.15. The van der Waals surface area contributed by atoms with Crippen LogP contribution >= 0.6 is 0 Å². The summed E-state index contributed by atoms with van der Waals surface area (Å²) in [5.41, 5.74) is 0. The van der Waals surface area contributed by atoms with Gasteiger partial charge in [-0.3, -0.25) is 4.79 Å². The molecule has 6 heteroatoms. The molecule has 0 rings (SSSR count). The summed E-state index contributed by atoms with van der Waals surface area (Å²) in [4.78, 5) is 11.2. The topological polar surface area (TPSA) is 86.5 Å². The molecule has 0 aliphatic heterocycles. The summed E-state index contributed by atoms with van der Waals surface area (Å²) in [6.07, 6.45) is 25.7. The van der Waals surface area contributed by atoms with Gasteiger partial charge < -0.3 is 4.18 Å². The van der Waals surface area contributed by atoms with Gasteiger partial charge in [0.05, 0.1) is 0 Å². The van der Waals surface area contributed by atoms with E-state index in [4.69, 9.17) is 0 Å². The minimum absolute atomic E-state index is 0.114. The van der Waals surface area contributed by atoms with Crippen LogP contribution in [0.15, 0.2) is 12.2 Å². The summed E-state index contributed by atoms with van der Waals surface area (Å²) in [5, 5.41) is 4.64. The fraction of sp³-hybridized carbons (Fsp3) is 0.864. The minimum Gasteiger partial charge on any atom is -0.334 e. The standard InChI is InChI=1S/C22H43NO4S/c1-2-3-4-5-6-7-8-9-10-11-12-13-14-15-16-17-18-19-20-21-22(24)27-28(23,25)26/h9-10H,2-8,11-21H2,1H3,(H2,23,25,26). The maximum Gasteiger partial charge on any atom is 0.382 e. The first-order valence-corrected chi connectivity index (χ1v) is 12.8. The molecule has 0 aliphatic carbocycles. The molecule has 0 unspecified atom stereocenters. The van der Waals surface area contributed by atoms with Gasteiger partial charge in [-0.25, -0.2) is 0 Å². The van der Waals surface area contributed by atoms with Crippen molar-refractivity contribution in [3.05, 3.63) is 12.2 Å². The molecular weight excluding hydrogens is 374 g/mol. The van der Waals surface area contributed by atoms with Crippen molar-refractivity contribution >= 4 is 16.3 Å². The van der Waals surface area contributed by atoms with Crippen molar-refractivity contribution < 1.29 is 17.4 Å². The Kier molecular flexibility index (Phi) is 18.8. The molecule has 166 valence electrons. The van der Waals surface area contributed by atoms with E-state index in [1.807, 2.05) is 0 Å². The summed E-state index contributed by atoms with van der Waals surface area (Å²) in [7, 11) is -4.15. The highest BCUT2D eigenvalue weighted by Gasteiger charge is 2.10. The first kappa shape index (κ1) is 27.1. The van der Waals surface area contributed by atoms with Crippen molar-refractivity contribution in [1.82, 2.24) is 0 Å². The van der Waals surface area contributed by atoms with Crippen LogP contribution in [0, 0.1) is 0 Å². The van der Waals surface area contributed by atoms with Crippen LogP contribution < -0.4 is 5.14 Å². The first-order valence-electron chi connectivity index (χ1n) is 11.4. The maximum absolute atomic E-state index is 11.2. The zero-order valence-electron chi connectivity index (χ0n) is 18.0. The monoisotopic (exact) mass is 417 g/mol. The van der Waals surface area contributed by atoms with Crippen LogP contribution in [0.2, 0.25) is 0 Å². The second-order valence-electron chi connectivity index (χ2n) is 7.70. The van der Waals surface area contributed by atoms with Gasteiger partial charge >= 0.3 is 16.3 Å². The van der Waals surface area contributed by atoms with E-state index < -0.39 is 16.3 Å². The number of hydrogen-bond donors (Lipinski definition) is 1. The Balaban J connectivity index is 3.21. The summed E-state index contributed by atoms with van der Waals surface area (Å²) in [6, 6.07) is 0. The number of unbranched alkanes of at least 4 members (excludes halogenated alkanes) is 15. The van der Waals surface area contributed by atoms with E-state index in [-0.39, 0.29) is 6.42 Å². The molecule has 0 aromatic carbocycles. The van der Waals surface area contributed by atoms with Crippen LogP contribution in [0.3, 0.4) is 0 Å². The highest BCUT2D eigenvalue weighted by atomic mass is 32.2. The lowest BCUT2D eigenvalue weighted by molar-refractivity contribution is -0.133. The average Bonchev–Trinajstić information content (AvgIpc) is 2.62. The van der Waals surface area contributed by atoms with Crippen molar-refractivity contribution in [3.63, 3.8) is 0 Å².